The van der Waals surface area contributed by atoms with E-state index < -0.39 is 42.2 Å². The molecule has 2 fully saturated rings. The fourth-order valence-electron chi connectivity index (χ4n) is 6.59. The van der Waals surface area contributed by atoms with E-state index in [1.807, 2.05) is 42.5 Å². The van der Waals surface area contributed by atoms with Gasteiger partial charge >= 0.3 is 13.3 Å². The zero-order chi connectivity index (χ0) is 35.3. The summed E-state index contributed by atoms with van der Waals surface area (Å²) in [5.74, 6) is -1.16. The molecular formula is C35H38F2N3O7PS. The third-order valence-corrected chi connectivity index (χ3v) is 11.3. The monoisotopic (exact) mass is 713 g/mol. The van der Waals surface area contributed by atoms with Crippen LogP contribution in [0.2, 0.25) is 0 Å². The second-order valence-corrected chi connectivity index (χ2v) is 16.4. The van der Waals surface area contributed by atoms with Gasteiger partial charge in [-0.25, -0.2) is 0 Å². The number of morpholine rings is 1. The van der Waals surface area contributed by atoms with Crippen LogP contribution in [0.5, 0.6) is 0 Å². The molecule has 3 aromatic carbocycles. The summed E-state index contributed by atoms with van der Waals surface area (Å²) in [7, 11) is -5.77. The number of amides is 3. The van der Waals surface area contributed by atoms with Crippen molar-refractivity contribution in [3.8, 4) is 0 Å². The maximum atomic E-state index is 14.3. The lowest BCUT2D eigenvalue weighted by Gasteiger charge is -2.39. The first kappa shape index (κ1) is 35.1. The number of nitrogens with zero attached hydrogens (tertiary/aromatic N) is 2. The zero-order valence-electron chi connectivity index (χ0n) is 27.3. The summed E-state index contributed by atoms with van der Waals surface area (Å²) >= 11 is 1.00. The summed E-state index contributed by atoms with van der Waals surface area (Å²) in [5, 5.41) is 5.17. The molecule has 0 radical (unpaired) electrons. The van der Waals surface area contributed by atoms with Gasteiger partial charge in [0, 0.05) is 23.4 Å². The van der Waals surface area contributed by atoms with Crippen LogP contribution in [0, 0.1) is 5.41 Å². The number of hydrogen-bond acceptors (Lipinski definition) is 6. The molecule has 3 atom stereocenters. The Balaban J connectivity index is 1.19. The van der Waals surface area contributed by atoms with Gasteiger partial charge in [0.15, 0.2) is 0 Å². The first-order valence-corrected chi connectivity index (χ1v) is 18.5. The van der Waals surface area contributed by atoms with Gasteiger partial charge in [0.25, 0.3) is 5.91 Å². The van der Waals surface area contributed by atoms with E-state index in [1.165, 1.54) is 12.1 Å². The van der Waals surface area contributed by atoms with Gasteiger partial charge in [-0.2, -0.15) is 8.78 Å². The summed E-state index contributed by atoms with van der Waals surface area (Å²) in [5.41, 5.74) is -5.01. The lowest BCUT2D eigenvalue weighted by Crippen LogP contribution is -2.58. The van der Waals surface area contributed by atoms with Crippen molar-refractivity contribution in [2.45, 2.75) is 57.5 Å². The molecule has 1 aromatic heterocycles. The number of rotatable bonds is 7. The van der Waals surface area contributed by atoms with Crippen LogP contribution in [0.15, 0.2) is 66.7 Å². The second-order valence-electron chi connectivity index (χ2n) is 13.6. The zero-order valence-corrected chi connectivity index (χ0v) is 29.0. The predicted octanol–water partition coefficient (Wildman–Crippen LogP) is 6.02. The van der Waals surface area contributed by atoms with Crippen LogP contribution in [-0.4, -0.2) is 75.6 Å². The number of fused-ring (bicyclic) bond motifs is 2. The number of nitrogens with one attached hydrogen (secondary N) is 1. The molecule has 6 rings (SSSR count). The minimum atomic E-state index is -5.77. The number of carbonyl (C=O) groups excluding carboxylic acids is 3. The third kappa shape index (κ3) is 6.87. The van der Waals surface area contributed by atoms with Crippen molar-refractivity contribution in [1.29, 1.82) is 0 Å². The second kappa shape index (κ2) is 13.2. The van der Waals surface area contributed by atoms with Crippen molar-refractivity contribution >= 4 is 57.5 Å². The smallest absolute Gasteiger partial charge is 0.370 e. The molecule has 0 saturated carbocycles. The molecule has 2 aliphatic rings. The lowest BCUT2D eigenvalue weighted by atomic mass is 9.85. The van der Waals surface area contributed by atoms with E-state index in [0.717, 1.165) is 39.8 Å². The van der Waals surface area contributed by atoms with Crippen LogP contribution in [-0.2, 0) is 24.6 Å². The number of carbonyl (C=O) groups is 3. The van der Waals surface area contributed by atoms with Crippen LogP contribution in [0.25, 0.3) is 20.9 Å². The molecule has 3 amide bonds. The molecule has 0 bridgehead atoms. The summed E-state index contributed by atoms with van der Waals surface area (Å²) in [6, 6.07) is 16.8. The SMILES string of the molecule is CC(C)(C)C(NC(=O)c1cc2cc(C(F)(F)P(=O)(O)O)ccc2s1)C(=O)N1CCC[C@H]1C(=O)N1CCOC(c2cccc3ccccc23)C1. The van der Waals surface area contributed by atoms with E-state index in [0.29, 0.717) is 43.8 Å². The van der Waals surface area contributed by atoms with Gasteiger partial charge in [-0.3, -0.25) is 18.9 Å². The minimum Gasteiger partial charge on any atom is -0.370 e. The van der Waals surface area contributed by atoms with E-state index >= 15 is 0 Å². The average molecular weight is 714 g/mol. The molecule has 2 saturated heterocycles. The number of alkyl halides is 2. The van der Waals surface area contributed by atoms with E-state index in [4.69, 9.17) is 14.5 Å². The van der Waals surface area contributed by atoms with Crippen LogP contribution >= 0.6 is 18.9 Å². The highest BCUT2D eigenvalue weighted by Gasteiger charge is 2.50. The van der Waals surface area contributed by atoms with Crippen LogP contribution in [0.4, 0.5) is 8.78 Å². The Morgan fingerprint density at radius 3 is 2.47 bits per heavy atom. The Labute approximate surface area is 286 Å². The maximum absolute atomic E-state index is 14.3. The van der Waals surface area contributed by atoms with Crippen molar-refractivity contribution in [3.05, 3.63) is 82.7 Å². The normalized spacial score (nSPS) is 19.7. The Kier molecular flexibility index (Phi) is 9.44. The van der Waals surface area contributed by atoms with Gasteiger partial charge in [0.1, 0.15) is 18.2 Å². The number of halogens is 2. The predicted molar refractivity (Wildman–Crippen MR) is 182 cm³/mol. The first-order chi connectivity index (χ1) is 23.1. The van der Waals surface area contributed by atoms with Crippen molar-refractivity contribution < 1.29 is 42.3 Å². The van der Waals surface area contributed by atoms with E-state index in [9.17, 15) is 27.7 Å². The van der Waals surface area contributed by atoms with Crippen LogP contribution < -0.4 is 5.32 Å². The third-order valence-electron chi connectivity index (χ3n) is 9.21. The number of benzene rings is 3. The topological polar surface area (TPSA) is 136 Å². The first-order valence-electron chi connectivity index (χ1n) is 16.0. The Bertz CT molecular complexity index is 1970. The van der Waals surface area contributed by atoms with Gasteiger partial charge in [-0.05, 0) is 58.2 Å². The standard InChI is InChI=1S/C35H38F2N3O7PS/c1-34(2,3)30(38-31(41)29-19-22-18-23(13-14-28(22)49-29)35(36,37)48(44,45)46)33(43)40-15-7-12-26(40)32(42)39-16-17-47-27(20-39)25-11-6-9-21-8-4-5-10-24(21)25/h4-6,8-11,13-14,18-19,26-27,30H,7,12,15-17,20H2,1-3H3,(H,38,41)(H2,44,45,46)/t26-,27?,30?/m0/s1. The summed E-state index contributed by atoms with van der Waals surface area (Å²) in [6.45, 7) is 6.87. The molecule has 0 aliphatic carbocycles. The number of likely N-dealkylation sites (tertiary alicyclic amines) is 1. The largest absolute Gasteiger partial charge is 0.399 e. The van der Waals surface area contributed by atoms with Gasteiger partial charge in [-0.1, -0.05) is 69.3 Å². The Morgan fingerprint density at radius 2 is 1.73 bits per heavy atom. The van der Waals surface area contributed by atoms with Gasteiger partial charge in [-0.15, -0.1) is 11.3 Å². The van der Waals surface area contributed by atoms with Crippen molar-refractivity contribution in [1.82, 2.24) is 15.1 Å². The molecule has 260 valence electrons. The van der Waals surface area contributed by atoms with Crippen molar-refractivity contribution in [3.63, 3.8) is 0 Å². The van der Waals surface area contributed by atoms with Gasteiger partial charge in [0.05, 0.1) is 18.0 Å². The Hall–Kier alpha value is -3.74. The summed E-state index contributed by atoms with van der Waals surface area (Å²) < 4.78 is 46.6. The van der Waals surface area contributed by atoms with E-state index in [-0.39, 0.29) is 28.2 Å². The van der Waals surface area contributed by atoms with E-state index in [1.54, 1.807) is 30.6 Å². The molecule has 4 aromatic rings. The fourth-order valence-corrected chi connectivity index (χ4v) is 8.02. The molecule has 10 nitrogen and oxygen atoms in total. The van der Waals surface area contributed by atoms with Crippen molar-refractivity contribution in [2.24, 2.45) is 5.41 Å². The van der Waals surface area contributed by atoms with Gasteiger partial charge < -0.3 is 29.6 Å². The highest BCUT2D eigenvalue weighted by Crippen LogP contribution is 2.59. The number of hydrogen-bond donors (Lipinski definition) is 3. The van der Waals surface area contributed by atoms with Crippen LogP contribution in [0.3, 0.4) is 0 Å². The molecule has 49 heavy (non-hydrogen) atoms. The van der Waals surface area contributed by atoms with Crippen molar-refractivity contribution in [2.75, 3.05) is 26.2 Å². The minimum absolute atomic E-state index is 0.135. The fraction of sp³-hybridized carbons (Fsp3) is 0.400. The Morgan fingerprint density at radius 1 is 1.00 bits per heavy atom. The number of ether oxygens (including phenoxy) is 1. The molecule has 2 unspecified atom stereocenters. The quantitative estimate of drug-likeness (QED) is 0.200. The van der Waals surface area contributed by atoms with E-state index in [2.05, 4.69) is 5.32 Å². The van der Waals surface area contributed by atoms with Crippen LogP contribution in [0.1, 0.15) is 60.5 Å². The average Bonchev–Trinajstić information content (AvgIpc) is 3.73. The molecule has 3 N–H and O–H groups in total. The molecular weight excluding hydrogens is 675 g/mol. The highest BCUT2D eigenvalue weighted by molar-refractivity contribution is 7.52. The highest BCUT2D eigenvalue weighted by atomic mass is 32.1. The number of thiophene rings is 1. The lowest BCUT2D eigenvalue weighted by molar-refractivity contribution is -0.150. The molecule has 14 heteroatoms. The van der Waals surface area contributed by atoms with Gasteiger partial charge in [0.2, 0.25) is 11.8 Å². The molecule has 0 spiro atoms. The molecule has 3 heterocycles. The summed E-state index contributed by atoms with van der Waals surface area (Å²) in [4.78, 5) is 63.4. The summed E-state index contributed by atoms with van der Waals surface area (Å²) in [6.07, 6.45) is 0.794. The molecule has 2 aliphatic heterocycles. The maximum Gasteiger partial charge on any atom is 0.399 e.